The highest BCUT2D eigenvalue weighted by atomic mass is 16.4. The number of nitrogens with zero attached hydrogens (tertiary/aromatic N) is 3. The van der Waals surface area contributed by atoms with Crippen molar-refractivity contribution in [3.8, 4) is 28.7 Å². The zero-order chi connectivity index (χ0) is 25.7. The van der Waals surface area contributed by atoms with Gasteiger partial charge in [0.2, 0.25) is 11.8 Å². The minimum atomic E-state index is -0.881. The van der Waals surface area contributed by atoms with Crippen molar-refractivity contribution in [2.24, 2.45) is 5.73 Å². The topological polar surface area (TPSA) is 118 Å². The second-order valence-corrected chi connectivity index (χ2v) is 9.23. The SMILES string of the molecule is CCC(C)NC(=O)c1cc(-c2nnc([C@](C)(N)Cc3ccccc3)o2)cc(-c2ccccc2C#N)c1. The molecule has 3 aromatic carbocycles. The molecule has 7 nitrogen and oxygen atoms in total. The van der Waals surface area contributed by atoms with E-state index in [9.17, 15) is 10.1 Å². The van der Waals surface area contributed by atoms with Gasteiger partial charge in [-0.2, -0.15) is 5.26 Å². The molecule has 0 aliphatic carbocycles. The summed E-state index contributed by atoms with van der Waals surface area (Å²) < 4.78 is 6.05. The first-order valence-corrected chi connectivity index (χ1v) is 11.9. The van der Waals surface area contributed by atoms with Crippen LogP contribution in [0.15, 0.2) is 77.2 Å². The van der Waals surface area contributed by atoms with E-state index in [-0.39, 0.29) is 17.8 Å². The zero-order valence-electron chi connectivity index (χ0n) is 20.7. The van der Waals surface area contributed by atoms with E-state index in [2.05, 4.69) is 21.6 Å². The summed E-state index contributed by atoms with van der Waals surface area (Å²) in [6.45, 7) is 5.81. The molecular weight excluding hydrogens is 450 g/mol. The van der Waals surface area contributed by atoms with Gasteiger partial charge in [-0.15, -0.1) is 10.2 Å². The van der Waals surface area contributed by atoms with Crippen molar-refractivity contribution in [1.29, 1.82) is 5.26 Å². The number of benzene rings is 3. The molecule has 182 valence electrons. The van der Waals surface area contributed by atoms with Crippen LogP contribution in [0.3, 0.4) is 0 Å². The number of carbonyl (C=O) groups excluding carboxylic acids is 1. The molecule has 1 unspecified atom stereocenters. The number of amides is 1. The lowest BCUT2D eigenvalue weighted by molar-refractivity contribution is 0.0939. The maximum absolute atomic E-state index is 13.0. The van der Waals surface area contributed by atoms with Crippen LogP contribution in [-0.2, 0) is 12.0 Å². The van der Waals surface area contributed by atoms with Gasteiger partial charge in [0.25, 0.3) is 5.91 Å². The van der Waals surface area contributed by atoms with Gasteiger partial charge in [-0.25, -0.2) is 0 Å². The van der Waals surface area contributed by atoms with Crippen LogP contribution < -0.4 is 11.1 Å². The Morgan fingerprint density at radius 3 is 2.50 bits per heavy atom. The smallest absolute Gasteiger partial charge is 0.251 e. The standard InChI is InChI=1S/C29H29N5O2/c1-4-19(2)32-26(35)23-14-22(25-13-9-8-12-21(25)18-30)15-24(16-23)27-33-34-28(36-27)29(3,31)17-20-10-6-5-7-11-20/h5-16,19H,4,17,31H2,1-3H3,(H,32,35)/t19?,29-/m1/s1. The average Bonchev–Trinajstić information content (AvgIpc) is 3.40. The Balaban J connectivity index is 1.75. The predicted octanol–water partition coefficient (Wildman–Crippen LogP) is 5.22. The first-order valence-electron chi connectivity index (χ1n) is 11.9. The Morgan fingerprint density at radius 1 is 1.08 bits per heavy atom. The molecule has 3 N–H and O–H groups in total. The first-order chi connectivity index (χ1) is 17.3. The van der Waals surface area contributed by atoms with Crippen LogP contribution in [0.1, 0.15) is 54.6 Å². The van der Waals surface area contributed by atoms with Crippen LogP contribution >= 0.6 is 0 Å². The van der Waals surface area contributed by atoms with Gasteiger partial charge < -0.3 is 15.5 Å². The normalized spacial score (nSPS) is 13.4. The molecule has 1 amide bonds. The minimum absolute atomic E-state index is 0.0157. The summed E-state index contributed by atoms with van der Waals surface area (Å²) in [7, 11) is 0. The Labute approximate surface area is 211 Å². The average molecular weight is 480 g/mol. The van der Waals surface area contributed by atoms with Gasteiger partial charge in [-0.3, -0.25) is 4.79 Å². The summed E-state index contributed by atoms with van der Waals surface area (Å²) in [5.74, 6) is 0.341. The third-order valence-corrected chi connectivity index (χ3v) is 6.12. The molecule has 1 aromatic heterocycles. The van der Waals surface area contributed by atoms with Crippen LogP contribution in [0, 0.1) is 11.3 Å². The highest BCUT2D eigenvalue weighted by Gasteiger charge is 2.29. The van der Waals surface area contributed by atoms with E-state index in [4.69, 9.17) is 10.2 Å². The van der Waals surface area contributed by atoms with Gasteiger partial charge in [-0.05, 0) is 67.6 Å². The van der Waals surface area contributed by atoms with Crippen molar-refractivity contribution in [3.05, 3.63) is 95.4 Å². The van der Waals surface area contributed by atoms with Gasteiger partial charge in [0.05, 0.1) is 17.2 Å². The molecular formula is C29H29N5O2. The summed E-state index contributed by atoms with van der Waals surface area (Å²) in [6.07, 6.45) is 1.33. The molecule has 36 heavy (non-hydrogen) atoms. The molecule has 2 atom stereocenters. The third kappa shape index (κ3) is 5.51. The molecule has 0 fully saturated rings. The number of hydrogen-bond donors (Lipinski definition) is 2. The van der Waals surface area contributed by atoms with Gasteiger partial charge in [0, 0.05) is 17.2 Å². The monoisotopic (exact) mass is 479 g/mol. The number of hydrogen-bond acceptors (Lipinski definition) is 6. The molecule has 0 aliphatic heterocycles. The lowest BCUT2D eigenvalue weighted by Crippen LogP contribution is -2.35. The number of nitrogens with one attached hydrogen (secondary N) is 1. The summed E-state index contributed by atoms with van der Waals surface area (Å²) >= 11 is 0. The highest BCUT2D eigenvalue weighted by Crippen LogP contribution is 2.31. The molecule has 0 saturated carbocycles. The van der Waals surface area contributed by atoms with Gasteiger partial charge >= 0.3 is 0 Å². The maximum Gasteiger partial charge on any atom is 0.251 e. The van der Waals surface area contributed by atoms with Crippen molar-refractivity contribution >= 4 is 5.91 Å². The fourth-order valence-corrected chi connectivity index (χ4v) is 3.95. The molecule has 4 aromatic rings. The van der Waals surface area contributed by atoms with Crippen LogP contribution in [0.25, 0.3) is 22.6 Å². The van der Waals surface area contributed by atoms with Crippen molar-refractivity contribution < 1.29 is 9.21 Å². The number of nitrogens with two attached hydrogens (primary N) is 1. The predicted molar refractivity (Wildman–Crippen MR) is 139 cm³/mol. The Hall–Kier alpha value is -4.28. The van der Waals surface area contributed by atoms with Crippen LogP contribution in [0.4, 0.5) is 0 Å². The zero-order valence-corrected chi connectivity index (χ0v) is 20.7. The molecule has 0 saturated heterocycles. The molecule has 1 heterocycles. The van der Waals surface area contributed by atoms with E-state index < -0.39 is 5.54 Å². The summed E-state index contributed by atoms with van der Waals surface area (Å²) in [6, 6.07) is 24.7. The van der Waals surface area contributed by atoms with Gasteiger partial charge in [0.15, 0.2) is 0 Å². The van der Waals surface area contributed by atoms with Crippen molar-refractivity contribution in [2.75, 3.05) is 0 Å². The number of rotatable bonds is 8. The molecule has 0 radical (unpaired) electrons. The van der Waals surface area contributed by atoms with E-state index in [1.165, 1.54) is 0 Å². The van der Waals surface area contributed by atoms with Gasteiger partial charge in [-0.1, -0.05) is 55.5 Å². The summed E-state index contributed by atoms with van der Waals surface area (Å²) in [4.78, 5) is 13.0. The highest BCUT2D eigenvalue weighted by molar-refractivity contribution is 5.97. The minimum Gasteiger partial charge on any atom is -0.419 e. The Bertz CT molecular complexity index is 1400. The van der Waals surface area contributed by atoms with Crippen LogP contribution in [0.2, 0.25) is 0 Å². The molecule has 0 bridgehead atoms. The van der Waals surface area contributed by atoms with E-state index in [0.29, 0.717) is 40.1 Å². The first kappa shape index (κ1) is 24.8. The van der Waals surface area contributed by atoms with E-state index in [1.807, 2.05) is 75.4 Å². The molecule has 4 rings (SSSR count). The third-order valence-electron chi connectivity index (χ3n) is 6.12. The maximum atomic E-state index is 13.0. The quantitative estimate of drug-likeness (QED) is 0.358. The Kier molecular flexibility index (Phi) is 7.28. The number of nitriles is 1. The van der Waals surface area contributed by atoms with Crippen molar-refractivity contribution in [2.45, 2.75) is 45.2 Å². The van der Waals surface area contributed by atoms with Crippen molar-refractivity contribution in [1.82, 2.24) is 15.5 Å². The lowest BCUT2D eigenvalue weighted by Gasteiger charge is -2.20. The largest absolute Gasteiger partial charge is 0.419 e. The summed E-state index contributed by atoms with van der Waals surface area (Å²) in [5.41, 5.74) is 9.69. The molecule has 0 aliphatic rings. The lowest BCUT2D eigenvalue weighted by atomic mass is 9.94. The van der Waals surface area contributed by atoms with Crippen molar-refractivity contribution in [3.63, 3.8) is 0 Å². The van der Waals surface area contributed by atoms with E-state index in [0.717, 1.165) is 12.0 Å². The number of aromatic nitrogens is 2. The fraction of sp³-hybridized carbons (Fsp3) is 0.241. The summed E-state index contributed by atoms with van der Waals surface area (Å²) in [5, 5.41) is 21.1. The van der Waals surface area contributed by atoms with E-state index >= 15 is 0 Å². The second-order valence-electron chi connectivity index (χ2n) is 9.23. The fourth-order valence-electron chi connectivity index (χ4n) is 3.95. The van der Waals surface area contributed by atoms with Crippen LogP contribution in [-0.4, -0.2) is 22.1 Å². The molecule has 0 spiro atoms. The van der Waals surface area contributed by atoms with Crippen LogP contribution in [0.5, 0.6) is 0 Å². The second kappa shape index (κ2) is 10.5. The van der Waals surface area contributed by atoms with E-state index in [1.54, 1.807) is 18.2 Å². The number of carbonyl (C=O) groups is 1. The molecule has 7 heteroatoms. The van der Waals surface area contributed by atoms with Gasteiger partial charge in [0.1, 0.15) is 0 Å². The Morgan fingerprint density at radius 2 is 1.78 bits per heavy atom.